The number of hydrogen-bond donors (Lipinski definition) is 2. The lowest BCUT2D eigenvalue weighted by Crippen LogP contribution is -2.25. The van der Waals surface area contributed by atoms with Crippen molar-refractivity contribution in [2.45, 2.75) is 20.4 Å². The molecular formula is C14H16N4O4. The van der Waals surface area contributed by atoms with Gasteiger partial charge in [0.15, 0.2) is 0 Å². The Hall–Kier alpha value is -2.90. The number of nitro groups is 1. The van der Waals surface area contributed by atoms with E-state index < -0.39 is 10.8 Å². The normalized spacial score (nSPS) is 11.9. The first-order chi connectivity index (χ1) is 10.4. The van der Waals surface area contributed by atoms with E-state index >= 15 is 0 Å². The maximum absolute atomic E-state index is 12.1. The first-order valence-corrected chi connectivity index (χ1v) is 6.65. The summed E-state index contributed by atoms with van der Waals surface area (Å²) in [7, 11) is 0. The number of phenols is 1. The highest BCUT2D eigenvalue weighted by Gasteiger charge is 2.20. The fraction of sp³-hybridized carbons (Fsp3) is 0.286. The molecule has 0 bridgehead atoms. The van der Waals surface area contributed by atoms with Crippen molar-refractivity contribution in [3.05, 3.63) is 46.1 Å². The minimum atomic E-state index is -0.568. The number of aromatic nitrogens is 2. The van der Waals surface area contributed by atoms with Gasteiger partial charge in [-0.3, -0.25) is 4.79 Å². The molecule has 2 aromatic rings. The highest BCUT2D eigenvalue weighted by molar-refractivity contribution is 5.92. The predicted octanol–water partition coefficient (Wildman–Crippen LogP) is 2.08. The summed E-state index contributed by atoms with van der Waals surface area (Å²) in [6, 6.07) is 7.59. The van der Waals surface area contributed by atoms with Gasteiger partial charge >= 0.3 is 5.82 Å². The van der Waals surface area contributed by atoms with Gasteiger partial charge < -0.3 is 20.5 Å². The molecular weight excluding hydrogens is 288 g/mol. The van der Waals surface area contributed by atoms with Gasteiger partial charge in [0.2, 0.25) is 5.91 Å². The van der Waals surface area contributed by atoms with E-state index in [9.17, 15) is 20.0 Å². The first kappa shape index (κ1) is 15.5. The predicted molar refractivity (Wildman–Crippen MR) is 79.5 cm³/mol. The molecule has 1 amide bonds. The van der Waals surface area contributed by atoms with Crippen molar-refractivity contribution in [2.75, 3.05) is 5.32 Å². The van der Waals surface area contributed by atoms with Crippen LogP contribution in [0.1, 0.15) is 12.6 Å². The molecule has 8 nitrogen and oxygen atoms in total. The molecule has 116 valence electrons. The monoisotopic (exact) mass is 304 g/mol. The van der Waals surface area contributed by atoms with E-state index in [1.807, 2.05) is 0 Å². The molecule has 1 atom stereocenters. The number of carbonyl (C=O) groups excluding carboxylic acids is 1. The topological polar surface area (TPSA) is 110 Å². The van der Waals surface area contributed by atoms with E-state index in [4.69, 9.17) is 0 Å². The quantitative estimate of drug-likeness (QED) is 0.649. The molecule has 8 heteroatoms. The molecule has 0 radical (unpaired) electrons. The summed E-state index contributed by atoms with van der Waals surface area (Å²) >= 11 is 0. The third-order valence-electron chi connectivity index (χ3n) is 3.16. The Morgan fingerprint density at radius 3 is 2.82 bits per heavy atom. The smallest absolute Gasteiger partial charge is 0.390 e. The molecule has 1 aromatic carbocycles. The van der Waals surface area contributed by atoms with Gasteiger partial charge in [0.05, 0.1) is 29.3 Å². The minimum Gasteiger partial charge on any atom is -0.508 e. The van der Waals surface area contributed by atoms with E-state index in [1.54, 1.807) is 26.0 Å². The van der Waals surface area contributed by atoms with E-state index in [0.717, 1.165) is 0 Å². The first-order valence-electron chi connectivity index (χ1n) is 6.65. The fourth-order valence-corrected chi connectivity index (χ4v) is 1.96. The highest BCUT2D eigenvalue weighted by Crippen LogP contribution is 2.17. The lowest BCUT2D eigenvalue weighted by atomic mass is 10.1. The van der Waals surface area contributed by atoms with E-state index in [2.05, 4.69) is 10.4 Å². The largest absolute Gasteiger partial charge is 0.508 e. The number of hydrogen-bond acceptors (Lipinski definition) is 5. The van der Waals surface area contributed by atoms with Gasteiger partial charge in [-0.1, -0.05) is 13.0 Å². The Bertz CT molecular complexity index is 711. The van der Waals surface area contributed by atoms with Crippen LogP contribution in [-0.2, 0) is 11.3 Å². The molecule has 0 fully saturated rings. The van der Waals surface area contributed by atoms with Crippen molar-refractivity contribution in [2.24, 2.45) is 5.92 Å². The number of carbonyl (C=O) groups is 1. The number of nitrogens with one attached hydrogen (secondary N) is 1. The third kappa shape index (κ3) is 3.60. The zero-order valence-electron chi connectivity index (χ0n) is 12.2. The number of rotatable bonds is 5. The van der Waals surface area contributed by atoms with Crippen molar-refractivity contribution in [1.29, 1.82) is 0 Å². The average molecular weight is 304 g/mol. The van der Waals surface area contributed by atoms with Crippen LogP contribution in [0.15, 0.2) is 30.3 Å². The van der Waals surface area contributed by atoms with E-state index in [0.29, 0.717) is 11.4 Å². The molecule has 0 spiro atoms. The van der Waals surface area contributed by atoms with Crippen LogP contribution in [-0.4, -0.2) is 25.7 Å². The van der Waals surface area contributed by atoms with Gasteiger partial charge in [0.25, 0.3) is 0 Å². The van der Waals surface area contributed by atoms with Gasteiger partial charge in [-0.05, 0) is 24.0 Å². The van der Waals surface area contributed by atoms with Crippen molar-refractivity contribution >= 4 is 17.4 Å². The van der Waals surface area contributed by atoms with Crippen LogP contribution >= 0.6 is 0 Å². The van der Waals surface area contributed by atoms with Crippen LogP contribution < -0.4 is 5.32 Å². The number of anilines is 1. The lowest BCUT2D eigenvalue weighted by molar-refractivity contribution is -0.389. The van der Waals surface area contributed by atoms with Gasteiger partial charge in [-0.2, -0.15) is 4.68 Å². The number of nitrogens with zero attached hydrogens (tertiary/aromatic N) is 3. The van der Waals surface area contributed by atoms with Crippen LogP contribution in [0.4, 0.5) is 11.5 Å². The van der Waals surface area contributed by atoms with E-state index in [-0.39, 0.29) is 24.0 Å². The van der Waals surface area contributed by atoms with Gasteiger partial charge in [-0.15, -0.1) is 0 Å². The molecule has 1 heterocycles. The second kappa shape index (κ2) is 6.25. The zero-order valence-corrected chi connectivity index (χ0v) is 12.2. The summed E-state index contributed by atoms with van der Waals surface area (Å²) in [5, 5.41) is 26.6. The Labute approximate surface area is 126 Å². The second-order valence-electron chi connectivity index (χ2n) is 5.02. The number of aryl methyl sites for hydroxylation is 1. The maximum Gasteiger partial charge on any atom is 0.390 e. The maximum atomic E-state index is 12.1. The summed E-state index contributed by atoms with van der Waals surface area (Å²) in [6.07, 6.45) is 0. The van der Waals surface area contributed by atoms with Gasteiger partial charge in [0, 0.05) is 11.8 Å². The summed E-state index contributed by atoms with van der Waals surface area (Å²) < 4.78 is 1.44. The van der Waals surface area contributed by atoms with Crippen LogP contribution in [0.25, 0.3) is 0 Å². The molecule has 2 N–H and O–H groups in total. The Morgan fingerprint density at radius 1 is 1.50 bits per heavy atom. The van der Waals surface area contributed by atoms with E-state index in [1.165, 1.54) is 22.9 Å². The summed E-state index contributed by atoms with van der Waals surface area (Å²) in [5.74, 6) is -0.884. The molecule has 1 aromatic heterocycles. The van der Waals surface area contributed by atoms with Crippen molar-refractivity contribution in [1.82, 2.24) is 9.78 Å². The minimum absolute atomic E-state index is 0.0593. The molecule has 0 unspecified atom stereocenters. The molecule has 0 saturated carbocycles. The lowest BCUT2D eigenvalue weighted by Gasteiger charge is -2.11. The second-order valence-corrected chi connectivity index (χ2v) is 5.02. The van der Waals surface area contributed by atoms with Crippen LogP contribution in [0.5, 0.6) is 5.75 Å². The Kier molecular flexibility index (Phi) is 4.40. The molecule has 0 aliphatic rings. The van der Waals surface area contributed by atoms with Crippen LogP contribution in [0.3, 0.4) is 0 Å². The van der Waals surface area contributed by atoms with Gasteiger partial charge in [-0.25, -0.2) is 0 Å². The zero-order chi connectivity index (χ0) is 16.3. The summed E-state index contributed by atoms with van der Waals surface area (Å²) in [4.78, 5) is 22.2. The SMILES string of the molecule is Cc1cc([N+](=O)[O-])nn1C[C@H](C)C(=O)Nc1cccc(O)c1. The molecule has 2 rings (SSSR count). The van der Waals surface area contributed by atoms with Crippen LogP contribution in [0.2, 0.25) is 0 Å². The van der Waals surface area contributed by atoms with Crippen molar-refractivity contribution in [3.63, 3.8) is 0 Å². The Balaban J connectivity index is 2.04. The van der Waals surface area contributed by atoms with Crippen molar-refractivity contribution < 1.29 is 14.8 Å². The van der Waals surface area contributed by atoms with Crippen molar-refractivity contribution in [3.8, 4) is 5.75 Å². The third-order valence-corrected chi connectivity index (χ3v) is 3.16. The van der Waals surface area contributed by atoms with Crippen LogP contribution in [0, 0.1) is 23.0 Å². The number of phenolic OH excluding ortho intramolecular Hbond substituents is 1. The molecule has 0 aliphatic heterocycles. The standard InChI is InChI=1S/C14H16N4O4/c1-9(8-17-10(2)6-13(16-17)18(21)22)14(20)15-11-4-3-5-12(19)7-11/h3-7,9,19H,8H2,1-2H3,(H,15,20)/t9-/m0/s1. The van der Waals surface area contributed by atoms with Gasteiger partial charge in [0.1, 0.15) is 5.75 Å². The highest BCUT2D eigenvalue weighted by atomic mass is 16.6. The molecule has 0 aliphatic carbocycles. The fourth-order valence-electron chi connectivity index (χ4n) is 1.96. The average Bonchev–Trinajstić information content (AvgIpc) is 2.80. The summed E-state index contributed by atoms with van der Waals surface area (Å²) in [5.41, 5.74) is 1.10. The molecule has 0 saturated heterocycles. The number of aromatic hydroxyl groups is 1. The summed E-state index contributed by atoms with van der Waals surface area (Å²) in [6.45, 7) is 3.62. The number of amides is 1. The number of benzene rings is 1. The Morgan fingerprint density at radius 2 is 2.23 bits per heavy atom. The molecule has 22 heavy (non-hydrogen) atoms.